The van der Waals surface area contributed by atoms with Crippen LogP contribution in [0.25, 0.3) is 0 Å². The summed E-state index contributed by atoms with van der Waals surface area (Å²) < 4.78 is 28.4. The normalized spacial score (nSPS) is 19.4. The lowest BCUT2D eigenvalue weighted by molar-refractivity contribution is -0.126. The zero-order chi connectivity index (χ0) is 19.4. The van der Waals surface area contributed by atoms with Crippen LogP contribution in [-0.2, 0) is 14.8 Å². The quantitative estimate of drug-likeness (QED) is 0.751. The van der Waals surface area contributed by atoms with E-state index >= 15 is 0 Å². The largest absolute Gasteiger partial charge is 0.348 e. The first kappa shape index (κ1) is 20.0. The second-order valence-corrected chi connectivity index (χ2v) is 9.53. The molecule has 1 amide bonds. The molecule has 0 bridgehead atoms. The Bertz CT molecular complexity index is 885. The van der Waals surface area contributed by atoms with Crippen molar-refractivity contribution in [1.29, 1.82) is 0 Å². The van der Waals surface area contributed by atoms with E-state index in [2.05, 4.69) is 21.2 Å². The van der Waals surface area contributed by atoms with E-state index in [-0.39, 0.29) is 16.8 Å². The van der Waals surface area contributed by atoms with Crippen molar-refractivity contribution in [2.24, 2.45) is 0 Å². The summed E-state index contributed by atoms with van der Waals surface area (Å²) in [6.45, 7) is 2.27. The number of sulfonamides is 1. The molecule has 0 aliphatic carbocycles. The lowest BCUT2D eigenvalue weighted by Gasteiger charge is -2.34. The number of amides is 1. The van der Waals surface area contributed by atoms with Crippen LogP contribution >= 0.6 is 15.9 Å². The highest BCUT2D eigenvalue weighted by Crippen LogP contribution is 2.26. The molecule has 1 saturated heterocycles. The van der Waals surface area contributed by atoms with Gasteiger partial charge in [0.15, 0.2) is 0 Å². The number of halogens is 1. The Labute approximate surface area is 169 Å². The minimum atomic E-state index is -3.70. The standard InChI is InChI=1S/C20H23BrN2O3S/c1-15(16-10-12-17(21)13-11-16)22-20(24)19-9-5-6-14-23(19)27(25,26)18-7-3-2-4-8-18/h2-4,7-8,10-13,15,19H,5-6,9,14H2,1H3,(H,22,24). The van der Waals surface area contributed by atoms with Gasteiger partial charge in [0.2, 0.25) is 15.9 Å². The number of carbonyl (C=O) groups excluding carboxylic acids is 1. The van der Waals surface area contributed by atoms with Crippen molar-refractivity contribution < 1.29 is 13.2 Å². The van der Waals surface area contributed by atoms with Crippen LogP contribution in [0.15, 0.2) is 64.0 Å². The van der Waals surface area contributed by atoms with Gasteiger partial charge in [-0.2, -0.15) is 4.31 Å². The molecule has 1 aliphatic rings. The number of nitrogens with zero attached hydrogens (tertiary/aromatic N) is 1. The van der Waals surface area contributed by atoms with Crippen LogP contribution < -0.4 is 5.32 Å². The Balaban J connectivity index is 1.78. The Morgan fingerprint density at radius 2 is 1.78 bits per heavy atom. The van der Waals surface area contributed by atoms with E-state index in [1.165, 1.54) is 4.31 Å². The fourth-order valence-corrected chi connectivity index (χ4v) is 5.27. The van der Waals surface area contributed by atoms with Crippen LogP contribution in [0.1, 0.15) is 37.8 Å². The molecule has 2 aromatic carbocycles. The van der Waals surface area contributed by atoms with Gasteiger partial charge in [-0.15, -0.1) is 0 Å². The molecule has 0 aromatic heterocycles. The van der Waals surface area contributed by atoms with E-state index in [4.69, 9.17) is 0 Å². The highest BCUT2D eigenvalue weighted by molar-refractivity contribution is 9.10. The van der Waals surface area contributed by atoms with Crippen molar-refractivity contribution in [3.05, 3.63) is 64.6 Å². The molecule has 2 aromatic rings. The molecule has 0 spiro atoms. The second kappa shape index (κ2) is 8.54. The lowest BCUT2D eigenvalue weighted by atomic mass is 10.0. The van der Waals surface area contributed by atoms with Crippen LogP contribution in [0.4, 0.5) is 0 Å². The number of nitrogens with one attached hydrogen (secondary N) is 1. The number of hydrogen-bond donors (Lipinski definition) is 1. The molecular weight excluding hydrogens is 428 g/mol. The van der Waals surface area contributed by atoms with Gasteiger partial charge in [-0.25, -0.2) is 8.42 Å². The van der Waals surface area contributed by atoms with Crippen LogP contribution in [-0.4, -0.2) is 31.2 Å². The Hall–Kier alpha value is -1.70. The van der Waals surface area contributed by atoms with E-state index in [9.17, 15) is 13.2 Å². The van der Waals surface area contributed by atoms with Gasteiger partial charge in [0.1, 0.15) is 6.04 Å². The molecule has 7 heteroatoms. The fraction of sp³-hybridized carbons (Fsp3) is 0.350. The maximum Gasteiger partial charge on any atom is 0.243 e. The van der Waals surface area contributed by atoms with E-state index < -0.39 is 16.1 Å². The summed E-state index contributed by atoms with van der Waals surface area (Å²) in [5.74, 6) is -0.246. The molecule has 1 heterocycles. The van der Waals surface area contributed by atoms with Crippen molar-refractivity contribution in [3.63, 3.8) is 0 Å². The average Bonchev–Trinajstić information content (AvgIpc) is 2.69. The molecule has 27 heavy (non-hydrogen) atoms. The zero-order valence-electron chi connectivity index (χ0n) is 15.1. The zero-order valence-corrected chi connectivity index (χ0v) is 17.5. The van der Waals surface area contributed by atoms with E-state index in [1.54, 1.807) is 30.3 Å². The second-order valence-electron chi connectivity index (χ2n) is 6.72. The molecule has 1 fully saturated rings. The number of benzene rings is 2. The van der Waals surface area contributed by atoms with Gasteiger partial charge in [-0.1, -0.05) is 52.7 Å². The molecule has 1 aliphatic heterocycles. The highest BCUT2D eigenvalue weighted by atomic mass is 79.9. The van der Waals surface area contributed by atoms with Gasteiger partial charge in [-0.3, -0.25) is 4.79 Å². The van der Waals surface area contributed by atoms with Crippen LogP contribution in [0.5, 0.6) is 0 Å². The maximum absolute atomic E-state index is 13.0. The molecule has 2 unspecified atom stereocenters. The maximum atomic E-state index is 13.0. The fourth-order valence-electron chi connectivity index (χ4n) is 3.33. The number of hydrogen-bond acceptors (Lipinski definition) is 3. The Morgan fingerprint density at radius 3 is 2.44 bits per heavy atom. The summed E-state index contributed by atoms with van der Waals surface area (Å²) in [4.78, 5) is 13.1. The summed E-state index contributed by atoms with van der Waals surface area (Å²) in [5, 5.41) is 2.98. The van der Waals surface area contributed by atoms with E-state index in [1.807, 2.05) is 31.2 Å². The van der Waals surface area contributed by atoms with Gasteiger partial charge in [-0.05, 0) is 49.6 Å². The van der Waals surface area contributed by atoms with E-state index in [0.717, 1.165) is 22.9 Å². The Morgan fingerprint density at radius 1 is 1.11 bits per heavy atom. The third-order valence-corrected chi connectivity index (χ3v) is 7.29. The van der Waals surface area contributed by atoms with Gasteiger partial charge >= 0.3 is 0 Å². The Kier molecular flexibility index (Phi) is 6.34. The smallest absolute Gasteiger partial charge is 0.243 e. The number of piperidine rings is 1. The summed E-state index contributed by atoms with van der Waals surface area (Å²) >= 11 is 3.40. The minimum Gasteiger partial charge on any atom is -0.348 e. The van der Waals surface area contributed by atoms with E-state index in [0.29, 0.717) is 13.0 Å². The first-order valence-electron chi connectivity index (χ1n) is 9.02. The average molecular weight is 451 g/mol. The van der Waals surface area contributed by atoms with Gasteiger partial charge in [0.25, 0.3) is 0 Å². The van der Waals surface area contributed by atoms with Gasteiger partial charge in [0, 0.05) is 11.0 Å². The molecule has 0 radical (unpaired) electrons. The number of rotatable bonds is 5. The summed E-state index contributed by atoms with van der Waals surface area (Å²) in [5.41, 5.74) is 0.972. The topological polar surface area (TPSA) is 66.5 Å². The molecule has 5 nitrogen and oxygen atoms in total. The SMILES string of the molecule is CC(NC(=O)C1CCCCN1S(=O)(=O)c1ccccc1)c1ccc(Br)cc1. The van der Waals surface area contributed by atoms with Crippen molar-refractivity contribution in [1.82, 2.24) is 9.62 Å². The monoisotopic (exact) mass is 450 g/mol. The van der Waals surface area contributed by atoms with Gasteiger partial charge < -0.3 is 5.32 Å². The predicted molar refractivity (Wildman–Crippen MR) is 109 cm³/mol. The lowest BCUT2D eigenvalue weighted by Crippen LogP contribution is -2.52. The molecule has 144 valence electrons. The molecular formula is C20H23BrN2O3S. The minimum absolute atomic E-state index is 0.200. The van der Waals surface area contributed by atoms with Crippen molar-refractivity contribution >= 4 is 31.9 Å². The molecule has 0 saturated carbocycles. The van der Waals surface area contributed by atoms with Gasteiger partial charge in [0.05, 0.1) is 10.9 Å². The summed E-state index contributed by atoms with van der Waals surface area (Å²) in [6.07, 6.45) is 2.13. The van der Waals surface area contributed by atoms with Crippen LogP contribution in [0.2, 0.25) is 0 Å². The molecule has 3 rings (SSSR count). The van der Waals surface area contributed by atoms with Crippen molar-refractivity contribution in [2.75, 3.05) is 6.54 Å². The summed E-state index contributed by atoms with van der Waals surface area (Å²) in [6, 6.07) is 15.2. The van der Waals surface area contributed by atoms with Crippen LogP contribution in [0.3, 0.4) is 0 Å². The van der Waals surface area contributed by atoms with Crippen LogP contribution in [0, 0.1) is 0 Å². The molecule has 1 N–H and O–H groups in total. The first-order chi connectivity index (χ1) is 12.9. The predicted octanol–water partition coefficient (Wildman–Crippen LogP) is 3.87. The first-order valence-corrected chi connectivity index (χ1v) is 11.3. The summed E-state index contributed by atoms with van der Waals surface area (Å²) in [7, 11) is -3.70. The van der Waals surface area contributed by atoms with Crippen molar-refractivity contribution in [2.45, 2.75) is 43.2 Å². The third kappa shape index (κ3) is 4.59. The molecule has 2 atom stereocenters. The number of carbonyl (C=O) groups is 1. The third-order valence-electron chi connectivity index (χ3n) is 4.83. The van der Waals surface area contributed by atoms with Crippen molar-refractivity contribution in [3.8, 4) is 0 Å². The highest BCUT2D eigenvalue weighted by Gasteiger charge is 2.37.